The summed E-state index contributed by atoms with van der Waals surface area (Å²) < 4.78 is 30.1. The molecule has 0 bridgehead atoms. The average molecular weight is 472 g/mol. The Labute approximate surface area is 193 Å². The number of halogens is 2. The second-order valence-corrected chi connectivity index (χ2v) is 9.29. The van der Waals surface area contributed by atoms with Gasteiger partial charge in [-0.25, -0.2) is 13.6 Å². The maximum Gasteiger partial charge on any atom is 0.325 e. The van der Waals surface area contributed by atoms with E-state index in [4.69, 9.17) is 0 Å². The van der Waals surface area contributed by atoms with Crippen molar-refractivity contribution in [3.63, 3.8) is 0 Å². The van der Waals surface area contributed by atoms with Gasteiger partial charge in [-0.3, -0.25) is 14.5 Å². The summed E-state index contributed by atoms with van der Waals surface area (Å²) in [4.78, 5) is 40.7. The molecule has 1 N–H and O–H groups in total. The van der Waals surface area contributed by atoms with Gasteiger partial charge in [-0.15, -0.1) is 11.3 Å². The van der Waals surface area contributed by atoms with E-state index < -0.39 is 41.4 Å². The first-order chi connectivity index (χ1) is 15.6. The summed E-state index contributed by atoms with van der Waals surface area (Å²) in [6.45, 7) is 5.23. The zero-order chi connectivity index (χ0) is 23.9. The molecule has 6 nitrogen and oxygen atoms in total. The van der Waals surface area contributed by atoms with Crippen LogP contribution in [0.2, 0.25) is 0 Å². The Morgan fingerprint density at radius 1 is 1.15 bits per heavy atom. The number of nitrogens with zero attached hydrogens (tertiary/aromatic N) is 2. The molecular formula is C24H23F2N3O3S. The number of Topliss-reactive ketones (excluding diaryl/α,β-unsaturated/α-hetero) is 1. The summed E-state index contributed by atoms with van der Waals surface area (Å²) in [6.07, 6.45) is 0.826. The van der Waals surface area contributed by atoms with Crippen molar-refractivity contribution in [1.82, 2.24) is 14.8 Å². The van der Waals surface area contributed by atoms with Crippen LogP contribution in [0.4, 0.5) is 13.6 Å². The van der Waals surface area contributed by atoms with Gasteiger partial charge in [0.1, 0.15) is 17.2 Å². The number of aromatic nitrogens is 1. The van der Waals surface area contributed by atoms with Gasteiger partial charge < -0.3 is 9.88 Å². The van der Waals surface area contributed by atoms with Crippen LogP contribution in [0.3, 0.4) is 0 Å². The number of benzene rings is 1. The van der Waals surface area contributed by atoms with Gasteiger partial charge >= 0.3 is 6.03 Å². The van der Waals surface area contributed by atoms with Gasteiger partial charge in [0, 0.05) is 33.9 Å². The number of imide groups is 1. The minimum atomic E-state index is -1.80. The number of ketones is 1. The summed E-state index contributed by atoms with van der Waals surface area (Å²) in [5.74, 6) is -2.77. The van der Waals surface area contributed by atoms with Crippen LogP contribution in [-0.4, -0.2) is 33.7 Å². The van der Waals surface area contributed by atoms with Gasteiger partial charge in [0.05, 0.1) is 6.54 Å². The number of carbonyl (C=O) groups excluding carboxylic acids is 3. The molecule has 0 aliphatic carbocycles. The SMILES string of the molecule is Cc1cc(C(=O)CN2C(=O)N[C@@](C)(c3cc(F)ccc3F)C2=O)c(C)n1CCc1cccs1. The van der Waals surface area contributed by atoms with Crippen molar-refractivity contribution in [2.24, 2.45) is 0 Å². The Bertz CT molecular complexity index is 1250. The van der Waals surface area contributed by atoms with Gasteiger partial charge in [0.25, 0.3) is 5.91 Å². The van der Waals surface area contributed by atoms with E-state index in [1.54, 1.807) is 17.4 Å². The molecule has 0 unspecified atom stereocenters. The molecule has 3 amide bonds. The fourth-order valence-electron chi connectivity index (χ4n) is 4.24. The highest BCUT2D eigenvalue weighted by Gasteiger charge is 2.51. The van der Waals surface area contributed by atoms with Crippen LogP contribution in [-0.2, 0) is 23.3 Å². The van der Waals surface area contributed by atoms with Crippen LogP contribution in [0.5, 0.6) is 0 Å². The Morgan fingerprint density at radius 2 is 1.91 bits per heavy atom. The minimum absolute atomic E-state index is 0.289. The molecular weight excluding hydrogens is 448 g/mol. The van der Waals surface area contributed by atoms with E-state index in [0.717, 1.165) is 40.9 Å². The number of hydrogen-bond acceptors (Lipinski definition) is 4. The molecule has 2 aromatic heterocycles. The molecule has 1 atom stereocenters. The number of nitrogens with one attached hydrogen (secondary N) is 1. The first kappa shape index (κ1) is 22.8. The van der Waals surface area contributed by atoms with Crippen molar-refractivity contribution in [3.05, 3.63) is 80.8 Å². The van der Waals surface area contributed by atoms with Gasteiger partial charge in [-0.2, -0.15) is 0 Å². The van der Waals surface area contributed by atoms with Crippen LogP contribution in [0, 0.1) is 25.5 Å². The van der Waals surface area contributed by atoms with Crippen molar-refractivity contribution in [2.45, 2.75) is 39.3 Å². The molecule has 1 aromatic carbocycles. The predicted octanol–water partition coefficient (Wildman–Crippen LogP) is 4.34. The normalized spacial score (nSPS) is 18.2. The summed E-state index contributed by atoms with van der Waals surface area (Å²) >= 11 is 1.67. The Morgan fingerprint density at radius 3 is 2.61 bits per heavy atom. The van der Waals surface area contributed by atoms with Crippen LogP contribution in [0.1, 0.15) is 39.1 Å². The third-order valence-electron chi connectivity index (χ3n) is 6.08. The molecule has 172 valence electrons. The fourth-order valence-corrected chi connectivity index (χ4v) is 4.94. The largest absolute Gasteiger partial charge is 0.348 e. The quantitative estimate of drug-likeness (QED) is 0.412. The zero-order valence-corrected chi connectivity index (χ0v) is 19.3. The van der Waals surface area contributed by atoms with E-state index in [1.807, 2.05) is 29.9 Å². The van der Waals surface area contributed by atoms with Gasteiger partial charge in [-0.05, 0) is 62.9 Å². The van der Waals surface area contributed by atoms with Crippen LogP contribution in [0.25, 0.3) is 0 Å². The topological polar surface area (TPSA) is 71.4 Å². The molecule has 9 heteroatoms. The molecule has 3 aromatic rings. The lowest BCUT2D eigenvalue weighted by molar-refractivity contribution is -0.130. The van der Waals surface area contributed by atoms with Gasteiger partial charge in [0.15, 0.2) is 5.78 Å². The van der Waals surface area contributed by atoms with Crippen LogP contribution < -0.4 is 5.32 Å². The number of carbonyl (C=O) groups is 3. The highest BCUT2D eigenvalue weighted by molar-refractivity contribution is 7.09. The zero-order valence-electron chi connectivity index (χ0n) is 18.4. The first-order valence-electron chi connectivity index (χ1n) is 10.4. The third-order valence-corrected chi connectivity index (χ3v) is 7.02. The molecule has 33 heavy (non-hydrogen) atoms. The Kier molecular flexibility index (Phi) is 5.92. The van der Waals surface area contributed by atoms with E-state index in [9.17, 15) is 23.2 Å². The summed E-state index contributed by atoms with van der Waals surface area (Å²) in [5.41, 5.74) is -0.0232. The summed E-state index contributed by atoms with van der Waals surface area (Å²) in [5, 5.41) is 4.43. The van der Waals surface area contributed by atoms with Crippen molar-refractivity contribution >= 4 is 29.1 Å². The average Bonchev–Trinajstić information content (AvgIpc) is 3.44. The number of amides is 3. The lowest BCUT2D eigenvalue weighted by Gasteiger charge is -2.22. The van der Waals surface area contributed by atoms with Crippen LogP contribution in [0.15, 0.2) is 41.8 Å². The molecule has 1 saturated heterocycles. The Hall–Kier alpha value is -3.33. The number of hydrogen-bond donors (Lipinski definition) is 1. The van der Waals surface area contributed by atoms with Crippen molar-refractivity contribution < 1.29 is 23.2 Å². The predicted molar refractivity (Wildman–Crippen MR) is 120 cm³/mol. The molecule has 1 aliphatic rings. The van der Waals surface area contributed by atoms with Crippen molar-refractivity contribution in [2.75, 3.05) is 6.54 Å². The second-order valence-electron chi connectivity index (χ2n) is 8.26. The van der Waals surface area contributed by atoms with Crippen molar-refractivity contribution in [1.29, 1.82) is 0 Å². The highest BCUT2D eigenvalue weighted by atomic mass is 32.1. The lowest BCUT2D eigenvalue weighted by atomic mass is 9.91. The molecule has 3 heterocycles. The number of urea groups is 1. The molecule has 0 saturated carbocycles. The van der Waals surface area contributed by atoms with Crippen LogP contribution >= 0.6 is 11.3 Å². The van der Waals surface area contributed by atoms with E-state index in [0.29, 0.717) is 12.1 Å². The van der Waals surface area contributed by atoms with E-state index in [2.05, 4.69) is 11.4 Å². The molecule has 0 radical (unpaired) electrons. The van der Waals surface area contributed by atoms with E-state index in [1.165, 1.54) is 11.8 Å². The molecule has 4 rings (SSSR count). The Balaban J connectivity index is 1.54. The fraction of sp³-hybridized carbons (Fsp3) is 0.292. The van der Waals surface area contributed by atoms with Gasteiger partial charge in [0.2, 0.25) is 0 Å². The maximum absolute atomic E-state index is 14.3. The maximum atomic E-state index is 14.3. The summed E-state index contributed by atoms with van der Waals surface area (Å²) in [6, 6.07) is 7.67. The number of rotatable bonds is 7. The van der Waals surface area contributed by atoms with E-state index >= 15 is 0 Å². The third kappa shape index (κ3) is 4.08. The van der Waals surface area contributed by atoms with Gasteiger partial charge in [-0.1, -0.05) is 6.07 Å². The van der Waals surface area contributed by atoms with E-state index in [-0.39, 0.29) is 5.56 Å². The summed E-state index contributed by atoms with van der Waals surface area (Å²) in [7, 11) is 0. The number of thiophene rings is 1. The second kappa shape index (κ2) is 8.55. The highest BCUT2D eigenvalue weighted by Crippen LogP contribution is 2.31. The minimum Gasteiger partial charge on any atom is -0.348 e. The smallest absolute Gasteiger partial charge is 0.325 e. The molecule has 1 fully saturated rings. The first-order valence-corrected chi connectivity index (χ1v) is 11.3. The molecule has 1 aliphatic heterocycles. The molecule has 0 spiro atoms. The lowest BCUT2D eigenvalue weighted by Crippen LogP contribution is -2.42. The monoisotopic (exact) mass is 471 g/mol. The van der Waals surface area contributed by atoms with Crippen molar-refractivity contribution in [3.8, 4) is 0 Å². The standard InChI is InChI=1S/C24H23F2N3O3S/c1-14-11-18(15(2)28(14)9-8-17-5-4-10-33-17)21(30)13-29-22(31)24(3,27-23(29)32)19-12-16(25)6-7-20(19)26/h4-7,10-12H,8-9,13H2,1-3H3,(H,27,32)/t24-/m0/s1. The number of aryl methyl sites for hydroxylation is 2.